The summed E-state index contributed by atoms with van der Waals surface area (Å²) in [6, 6.07) is 7.18. The minimum atomic E-state index is -0.558. The van der Waals surface area contributed by atoms with E-state index in [4.69, 9.17) is 16.3 Å². The molecule has 1 amide bonds. The fourth-order valence-corrected chi connectivity index (χ4v) is 2.85. The SMILES string of the molecule is O=C(COC(=O)/C=C/c1ccccc1Cl)NCC1CCCCC1. The zero-order chi connectivity index (χ0) is 16.5. The van der Waals surface area contributed by atoms with E-state index in [0.717, 1.165) is 5.56 Å². The average molecular weight is 336 g/mol. The van der Waals surface area contributed by atoms with Crippen LogP contribution < -0.4 is 5.32 Å². The van der Waals surface area contributed by atoms with Gasteiger partial charge in [-0.15, -0.1) is 0 Å². The maximum absolute atomic E-state index is 11.7. The molecule has 1 fully saturated rings. The molecule has 1 N–H and O–H groups in total. The van der Waals surface area contributed by atoms with Crippen LogP contribution in [0.3, 0.4) is 0 Å². The van der Waals surface area contributed by atoms with Gasteiger partial charge in [-0.1, -0.05) is 49.1 Å². The number of hydrogen-bond donors (Lipinski definition) is 1. The van der Waals surface area contributed by atoms with Gasteiger partial charge in [-0.05, 0) is 36.5 Å². The number of carbonyl (C=O) groups excluding carboxylic acids is 2. The van der Waals surface area contributed by atoms with E-state index in [2.05, 4.69) is 5.32 Å². The minimum absolute atomic E-state index is 0.252. The molecular formula is C18H22ClNO3. The molecule has 0 aliphatic heterocycles. The highest BCUT2D eigenvalue weighted by Gasteiger charge is 2.14. The van der Waals surface area contributed by atoms with E-state index in [0.29, 0.717) is 17.5 Å². The standard InChI is InChI=1S/C18H22ClNO3/c19-16-9-5-4-8-15(16)10-11-18(22)23-13-17(21)20-12-14-6-2-1-3-7-14/h4-5,8-11,14H,1-3,6-7,12-13H2,(H,20,21)/b11-10+. The Kier molecular flexibility index (Phi) is 7.14. The van der Waals surface area contributed by atoms with Gasteiger partial charge in [-0.3, -0.25) is 4.79 Å². The molecule has 5 heteroatoms. The Labute approximate surface area is 141 Å². The molecule has 1 aromatic carbocycles. The number of carbonyl (C=O) groups is 2. The zero-order valence-corrected chi connectivity index (χ0v) is 13.8. The van der Waals surface area contributed by atoms with E-state index in [-0.39, 0.29) is 12.5 Å². The Hall–Kier alpha value is -1.81. The fraction of sp³-hybridized carbons (Fsp3) is 0.444. The van der Waals surface area contributed by atoms with Crippen molar-refractivity contribution >= 4 is 29.6 Å². The number of ether oxygens (including phenoxy) is 1. The number of halogens is 1. The second kappa shape index (κ2) is 9.36. The van der Waals surface area contributed by atoms with E-state index in [1.807, 2.05) is 12.1 Å². The van der Waals surface area contributed by atoms with Crippen molar-refractivity contribution in [1.82, 2.24) is 5.32 Å². The summed E-state index contributed by atoms with van der Waals surface area (Å²) < 4.78 is 4.92. The monoisotopic (exact) mass is 335 g/mol. The molecule has 0 unspecified atom stereocenters. The highest BCUT2D eigenvalue weighted by atomic mass is 35.5. The Morgan fingerprint density at radius 2 is 1.96 bits per heavy atom. The average Bonchev–Trinajstić information content (AvgIpc) is 2.58. The molecule has 0 atom stereocenters. The lowest BCUT2D eigenvalue weighted by molar-refractivity contribution is -0.143. The summed E-state index contributed by atoms with van der Waals surface area (Å²) in [6.45, 7) is 0.421. The lowest BCUT2D eigenvalue weighted by atomic mass is 9.89. The number of benzene rings is 1. The van der Waals surface area contributed by atoms with Crippen LogP contribution in [0.4, 0.5) is 0 Å². The van der Waals surface area contributed by atoms with Crippen LogP contribution in [0.2, 0.25) is 5.02 Å². The van der Waals surface area contributed by atoms with Crippen molar-refractivity contribution < 1.29 is 14.3 Å². The molecule has 0 spiro atoms. The molecule has 1 aromatic rings. The Balaban J connectivity index is 1.67. The summed E-state index contributed by atoms with van der Waals surface area (Å²) in [4.78, 5) is 23.3. The highest BCUT2D eigenvalue weighted by Crippen LogP contribution is 2.22. The number of amides is 1. The van der Waals surface area contributed by atoms with Crippen LogP contribution in [-0.2, 0) is 14.3 Å². The van der Waals surface area contributed by atoms with Gasteiger partial charge < -0.3 is 10.1 Å². The van der Waals surface area contributed by atoms with Crippen molar-refractivity contribution in [3.63, 3.8) is 0 Å². The molecule has 0 saturated heterocycles. The van der Waals surface area contributed by atoms with Crippen LogP contribution >= 0.6 is 11.6 Å². The van der Waals surface area contributed by atoms with Crippen LogP contribution in [0.15, 0.2) is 30.3 Å². The van der Waals surface area contributed by atoms with E-state index in [1.54, 1.807) is 18.2 Å². The van der Waals surface area contributed by atoms with Crippen LogP contribution in [0.5, 0.6) is 0 Å². The lowest BCUT2D eigenvalue weighted by Crippen LogP contribution is -2.33. The molecule has 0 radical (unpaired) electrons. The van der Waals surface area contributed by atoms with Crippen molar-refractivity contribution in [2.45, 2.75) is 32.1 Å². The second-order valence-electron chi connectivity index (χ2n) is 5.77. The molecule has 124 valence electrons. The van der Waals surface area contributed by atoms with Crippen molar-refractivity contribution in [3.05, 3.63) is 40.9 Å². The van der Waals surface area contributed by atoms with Crippen LogP contribution in [0.25, 0.3) is 6.08 Å². The van der Waals surface area contributed by atoms with Gasteiger partial charge in [0.05, 0.1) is 0 Å². The molecule has 0 bridgehead atoms. The number of hydrogen-bond acceptors (Lipinski definition) is 3. The third kappa shape index (κ3) is 6.45. The first-order valence-electron chi connectivity index (χ1n) is 8.01. The van der Waals surface area contributed by atoms with E-state index in [9.17, 15) is 9.59 Å². The van der Waals surface area contributed by atoms with Crippen LogP contribution in [0, 0.1) is 5.92 Å². The van der Waals surface area contributed by atoms with Gasteiger partial charge in [0.2, 0.25) is 0 Å². The third-order valence-corrected chi connectivity index (χ3v) is 4.31. The smallest absolute Gasteiger partial charge is 0.331 e. The summed E-state index contributed by atoms with van der Waals surface area (Å²) in [5.74, 6) is -0.253. The Bertz CT molecular complexity index is 565. The zero-order valence-electron chi connectivity index (χ0n) is 13.1. The van der Waals surface area contributed by atoms with E-state index >= 15 is 0 Å². The lowest BCUT2D eigenvalue weighted by Gasteiger charge is -2.21. The molecule has 1 aliphatic carbocycles. The molecule has 23 heavy (non-hydrogen) atoms. The van der Waals surface area contributed by atoms with Crippen molar-refractivity contribution in [3.8, 4) is 0 Å². The summed E-state index contributed by atoms with van der Waals surface area (Å²) in [6.07, 6.45) is 8.95. The van der Waals surface area contributed by atoms with Crippen LogP contribution in [-0.4, -0.2) is 25.0 Å². The summed E-state index contributed by atoms with van der Waals surface area (Å²) in [5.41, 5.74) is 0.730. The third-order valence-electron chi connectivity index (χ3n) is 3.96. The first-order valence-corrected chi connectivity index (χ1v) is 8.39. The quantitative estimate of drug-likeness (QED) is 0.638. The number of rotatable bonds is 6. The van der Waals surface area contributed by atoms with Crippen molar-refractivity contribution in [1.29, 1.82) is 0 Å². The van der Waals surface area contributed by atoms with Gasteiger partial charge in [0.15, 0.2) is 6.61 Å². The molecule has 0 heterocycles. The van der Waals surface area contributed by atoms with Gasteiger partial charge in [0, 0.05) is 17.6 Å². The largest absolute Gasteiger partial charge is 0.452 e. The maximum atomic E-state index is 11.7. The first kappa shape index (κ1) is 17.5. The molecule has 2 rings (SSSR count). The molecular weight excluding hydrogens is 314 g/mol. The molecule has 1 aliphatic rings. The number of nitrogens with one attached hydrogen (secondary N) is 1. The summed E-state index contributed by atoms with van der Waals surface area (Å²) >= 11 is 5.98. The topological polar surface area (TPSA) is 55.4 Å². The fourth-order valence-electron chi connectivity index (χ4n) is 2.65. The predicted molar refractivity (Wildman–Crippen MR) is 91.0 cm³/mol. The maximum Gasteiger partial charge on any atom is 0.331 e. The molecule has 0 aromatic heterocycles. The summed E-state index contributed by atoms with van der Waals surface area (Å²) in [5, 5.41) is 3.39. The van der Waals surface area contributed by atoms with Gasteiger partial charge in [-0.2, -0.15) is 0 Å². The van der Waals surface area contributed by atoms with Crippen molar-refractivity contribution in [2.75, 3.05) is 13.2 Å². The van der Waals surface area contributed by atoms with Crippen LogP contribution in [0.1, 0.15) is 37.7 Å². The normalized spacial score (nSPS) is 15.5. The second-order valence-corrected chi connectivity index (χ2v) is 6.18. The number of esters is 1. The molecule has 1 saturated carbocycles. The minimum Gasteiger partial charge on any atom is -0.452 e. The van der Waals surface area contributed by atoms with Gasteiger partial charge in [0.25, 0.3) is 5.91 Å². The van der Waals surface area contributed by atoms with E-state index in [1.165, 1.54) is 38.2 Å². The van der Waals surface area contributed by atoms with Gasteiger partial charge in [0.1, 0.15) is 0 Å². The van der Waals surface area contributed by atoms with Gasteiger partial charge in [-0.25, -0.2) is 4.79 Å². The summed E-state index contributed by atoms with van der Waals surface area (Å²) in [7, 11) is 0. The van der Waals surface area contributed by atoms with Crippen molar-refractivity contribution in [2.24, 2.45) is 5.92 Å². The predicted octanol–water partition coefficient (Wildman–Crippen LogP) is 3.59. The Morgan fingerprint density at radius 3 is 2.70 bits per heavy atom. The molecule has 4 nitrogen and oxygen atoms in total. The van der Waals surface area contributed by atoms with Gasteiger partial charge >= 0.3 is 5.97 Å². The van der Waals surface area contributed by atoms with E-state index < -0.39 is 5.97 Å². The Morgan fingerprint density at radius 1 is 1.22 bits per heavy atom. The first-order chi connectivity index (χ1) is 11.1. The highest BCUT2D eigenvalue weighted by molar-refractivity contribution is 6.32.